The quantitative estimate of drug-likeness (QED) is 0.574. The van der Waals surface area contributed by atoms with Crippen LogP contribution in [0.3, 0.4) is 0 Å². The van der Waals surface area contributed by atoms with Crippen molar-refractivity contribution in [2.75, 3.05) is 20.0 Å². The van der Waals surface area contributed by atoms with Gasteiger partial charge in [-0.2, -0.15) is 0 Å². The first-order chi connectivity index (χ1) is 5.70. The van der Waals surface area contributed by atoms with Crippen LogP contribution in [-0.4, -0.2) is 32.1 Å². The van der Waals surface area contributed by atoms with Crippen LogP contribution in [0.25, 0.3) is 0 Å². The van der Waals surface area contributed by atoms with E-state index in [0.29, 0.717) is 20.0 Å². The molecular weight excluding hydrogens is 160 g/mol. The molecule has 0 aliphatic carbocycles. The molecule has 4 nitrogen and oxygen atoms in total. The highest BCUT2D eigenvalue weighted by Gasteiger charge is 2.20. The molecule has 0 aromatic rings. The van der Waals surface area contributed by atoms with Gasteiger partial charge < -0.3 is 14.2 Å². The minimum absolute atomic E-state index is 0.0908. The maximum atomic E-state index is 11.1. The van der Waals surface area contributed by atoms with Gasteiger partial charge in [-0.15, -0.1) is 0 Å². The lowest BCUT2D eigenvalue weighted by Gasteiger charge is -2.23. The monoisotopic (exact) mass is 174 g/mol. The fourth-order valence-corrected chi connectivity index (χ4v) is 0.835. The Morgan fingerprint density at radius 2 is 2.00 bits per heavy atom. The molecule has 12 heavy (non-hydrogen) atoms. The van der Waals surface area contributed by atoms with E-state index in [1.54, 1.807) is 13.8 Å². The largest absolute Gasteiger partial charge is 0.457 e. The Labute approximate surface area is 71.8 Å². The van der Waals surface area contributed by atoms with E-state index >= 15 is 0 Å². The first kappa shape index (κ1) is 9.48. The first-order valence-corrected chi connectivity index (χ1v) is 4.06. The minimum atomic E-state index is -0.228. The minimum Gasteiger partial charge on any atom is -0.457 e. The van der Waals surface area contributed by atoms with Crippen LogP contribution in [0.5, 0.6) is 0 Å². The van der Waals surface area contributed by atoms with Crippen molar-refractivity contribution >= 4 is 5.97 Å². The van der Waals surface area contributed by atoms with Crippen LogP contribution in [0, 0.1) is 5.92 Å². The predicted octanol–water partition coefficient (Wildman–Crippen LogP) is 0.558. The van der Waals surface area contributed by atoms with Gasteiger partial charge in [-0.05, 0) is 0 Å². The molecule has 0 aromatic heterocycles. The predicted molar refractivity (Wildman–Crippen MR) is 41.5 cm³/mol. The summed E-state index contributed by atoms with van der Waals surface area (Å²) in [6.07, 6.45) is -0.228. The van der Waals surface area contributed by atoms with E-state index in [0.717, 1.165) is 0 Å². The van der Waals surface area contributed by atoms with Gasteiger partial charge in [0.05, 0.1) is 19.1 Å². The zero-order valence-corrected chi connectivity index (χ0v) is 7.41. The average Bonchev–Trinajstić information content (AvgIpc) is 2.06. The second-order valence-electron chi connectivity index (χ2n) is 3.07. The first-order valence-electron chi connectivity index (χ1n) is 4.06. The molecule has 0 N–H and O–H groups in total. The van der Waals surface area contributed by atoms with Crippen molar-refractivity contribution in [3.8, 4) is 0 Å². The second kappa shape index (κ2) is 4.42. The Morgan fingerprint density at radius 1 is 1.42 bits per heavy atom. The van der Waals surface area contributed by atoms with Gasteiger partial charge in [0.1, 0.15) is 12.9 Å². The Morgan fingerprint density at radius 3 is 2.50 bits per heavy atom. The molecule has 1 fully saturated rings. The van der Waals surface area contributed by atoms with Gasteiger partial charge >= 0.3 is 5.97 Å². The van der Waals surface area contributed by atoms with Crippen molar-refractivity contribution in [1.29, 1.82) is 0 Å². The molecule has 0 spiro atoms. The van der Waals surface area contributed by atoms with Crippen LogP contribution >= 0.6 is 0 Å². The topological polar surface area (TPSA) is 44.8 Å². The number of hydrogen-bond acceptors (Lipinski definition) is 4. The normalized spacial score (nSPS) is 19.6. The molecule has 0 amide bonds. The third kappa shape index (κ3) is 2.79. The summed E-state index contributed by atoms with van der Waals surface area (Å²) in [5, 5.41) is 0. The second-order valence-corrected chi connectivity index (χ2v) is 3.07. The zero-order valence-electron chi connectivity index (χ0n) is 7.41. The summed E-state index contributed by atoms with van der Waals surface area (Å²) in [5.41, 5.74) is 0. The molecule has 0 bridgehead atoms. The van der Waals surface area contributed by atoms with E-state index in [-0.39, 0.29) is 18.0 Å². The van der Waals surface area contributed by atoms with Crippen molar-refractivity contribution in [2.24, 2.45) is 5.92 Å². The molecule has 1 aliphatic heterocycles. The summed E-state index contributed by atoms with van der Waals surface area (Å²) < 4.78 is 15.0. The van der Waals surface area contributed by atoms with Crippen molar-refractivity contribution < 1.29 is 19.0 Å². The number of rotatable bonds is 2. The summed E-state index contributed by atoms with van der Waals surface area (Å²) in [6.45, 7) is 4.78. The third-order valence-corrected chi connectivity index (χ3v) is 1.53. The highest BCUT2D eigenvalue weighted by atomic mass is 16.7. The molecule has 4 heteroatoms. The van der Waals surface area contributed by atoms with Gasteiger partial charge in [-0.3, -0.25) is 4.79 Å². The van der Waals surface area contributed by atoms with Crippen LogP contribution < -0.4 is 0 Å². The lowest BCUT2D eigenvalue weighted by atomic mass is 10.2. The summed E-state index contributed by atoms with van der Waals surface area (Å²) in [4.78, 5) is 11.1. The Bertz CT molecular complexity index is 149. The van der Waals surface area contributed by atoms with Crippen LogP contribution in [0.4, 0.5) is 0 Å². The van der Waals surface area contributed by atoms with E-state index in [2.05, 4.69) is 0 Å². The molecule has 1 saturated heterocycles. The highest BCUT2D eigenvalue weighted by molar-refractivity contribution is 5.71. The molecule has 1 rings (SSSR count). The fraction of sp³-hybridized carbons (Fsp3) is 0.875. The van der Waals surface area contributed by atoms with Crippen LogP contribution in [0.15, 0.2) is 0 Å². The van der Waals surface area contributed by atoms with Gasteiger partial charge in [0.25, 0.3) is 0 Å². The standard InChI is InChI=1S/C8H14O4/c1-6(2)8(9)12-7-3-10-5-11-4-7/h6-7H,3-5H2,1-2H3. The SMILES string of the molecule is CC(C)C(=O)OC1COCOC1. The molecule has 0 radical (unpaired) electrons. The van der Waals surface area contributed by atoms with Crippen LogP contribution in [0.1, 0.15) is 13.8 Å². The molecule has 1 aliphatic rings. The smallest absolute Gasteiger partial charge is 0.308 e. The number of esters is 1. The van der Waals surface area contributed by atoms with E-state index in [9.17, 15) is 4.79 Å². The summed E-state index contributed by atoms with van der Waals surface area (Å²) in [5.74, 6) is -0.291. The summed E-state index contributed by atoms with van der Waals surface area (Å²) in [6, 6.07) is 0. The van der Waals surface area contributed by atoms with Gasteiger partial charge in [-0.25, -0.2) is 0 Å². The lowest BCUT2D eigenvalue weighted by molar-refractivity contribution is -0.185. The van der Waals surface area contributed by atoms with E-state index < -0.39 is 0 Å². The maximum absolute atomic E-state index is 11.1. The van der Waals surface area contributed by atoms with Crippen molar-refractivity contribution in [2.45, 2.75) is 20.0 Å². The summed E-state index contributed by atoms with van der Waals surface area (Å²) in [7, 11) is 0. The van der Waals surface area contributed by atoms with E-state index in [4.69, 9.17) is 14.2 Å². The molecule has 0 aromatic carbocycles. The average molecular weight is 174 g/mol. The third-order valence-electron chi connectivity index (χ3n) is 1.53. The fourth-order valence-electron chi connectivity index (χ4n) is 0.835. The molecule has 0 saturated carbocycles. The summed E-state index contributed by atoms with van der Waals surface area (Å²) >= 11 is 0. The molecule has 70 valence electrons. The number of carbonyl (C=O) groups excluding carboxylic acids is 1. The van der Waals surface area contributed by atoms with Gasteiger partial charge in [0, 0.05) is 0 Å². The zero-order chi connectivity index (χ0) is 8.97. The lowest BCUT2D eigenvalue weighted by Crippen LogP contribution is -2.34. The van der Waals surface area contributed by atoms with Crippen molar-refractivity contribution in [3.63, 3.8) is 0 Å². The molecule has 1 heterocycles. The Balaban J connectivity index is 2.24. The van der Waals surface area contributed by atoms with Crippen LogP contribution in [-0.2, 0) is 19.0 Å². The Kier molecular flexibility index (Phi) is 3.49. The van der Waals surface area contributed by atoms with Crippen molar-refractivity contribution in [3.05, 3.63) is 0 Å². The number of ether oxygens (including phenoxy) is 3. The van der Waals surface area contributed by atoms with Crippen LogP contribution in [0.2, 0.25) is 0 Å². The van der Waals surface area contributed by atoms with Gasteiger partial charge in [-0.1, -0.05) is 13.8 Å². The van der Waals surface area contributed by atoms with E-state index in [1.165, 1.54) is 0 Å². The number of hydrogen-bond donors (Lipinski definition) is 0. The number of carbonyl (C=O) groups is 1. The molecule has 0 atom stereocenters. The van der Waals surface area contributed by atoms with Crippen molar-refractivity contribution in [1.82, 2.24) is 0 Å². The molecular formula is C8H14O4. The maximum Gasteiger partial charge on any atom is 0.308 e. The van der Waals surface area contributed by atoms with E-state index in [1.807, 2.05) is 0 Å². The Hall–Kier alpha value is -0.610. The molecule has 0 unspecified atom stereocenters. The highest BCUT2D eigenvalue weighted by Crippen LogP contribution is 2.05. The van der Waals surface area contributed by atoms with Gasteiger partial charge in [0.2, 0.25) is 0 Å². The van der Waals surface area contributed by atoms with Gasteiger partial charge in [0.15, 0.2) is 0 Å².